The molecule has 0 radical (unpaired) electrons. The van der Waals surface area contributed by atoms with E-state index in [4.69, 9.17) is 9.84 Å². The number of carbonyl (C=O) groups is 1. The molecule has 1 aromatic rings. The Balaban J connectivity index is 1.76. The van der Waals surface area contributed by atoms with Gasteiger partial charge in [0.05, 0.1) is 6.61 Å². The molecule has 2 unspecified atom stereocenters. The summed E-state index contributed by atoms with van der Waals surface area (Å²) >= 11 is 0. The van der Waals surface area contributed by atoms with Gasteiger partial charge in [-0.3, -0.25) is 0 Å². The second-order valence-electron chi connectivity index (χ2n) is 5.40. The molecule has 0 spiro atoms. The molecule has 3 N–H and O–H groups in total. The molecule has 1 fully saturated rings. The molecule has 0 heterocycles. The normalized spacial score (nSPS) is 19.9. The average Bonchev–Trinajstić information content (AvgIpc) is 3.22. The number of benzene rings is 1. The fourth-order valence-corrected chi connectivity index (χ4v) is 2.46. The Morgan fingerprint density at radius 1 is 1.43 bits per heavy atom. The van der Waals surface area contributed by atoms with Crippen molar-refractivity contribution in [3.05, 3.63) is 29.8 Å². The lowest BCUT2D eigenvalue weighted by Gasteiger charge is -2.12. The van der Waals surface area contributed by atoms with Crippen LogP contribution in [0, 0.1) is 5.92 Å². The molecule has 5 heteroatoms. The van der Waals surface area contributed by atoms with E-state index in [9.17, 15) is 4.79 Å². The molecule has 5 nitrogen and oxygen atoms in total. The van der Waals surface area contributed by atoms with Gasteiger partial charge < -0.3 is 20.5 Å². The highest BCUT2D eigenvalue weighted by molar-refractivity contribution is 5.74. The van der Waals surface area contributed by atoms with Gasteiger partial charge in [-0.15, -0.1) is 0 Å². The summed E-state index contributed by atoms with van der Waals surface area (Å²) in [5, 5.41) is 14.7. The van der Waals surface area contributed by atoms with Crippen LogP contribution in [-0.2, 0) is 6.54 Å². The lowest BCUT2D eigenvalue weighted by Crippen LogP contribution is -2.37. The summed E-state index contributed by atoms with van der Waals surface area (Å²) in [6.45, 7) is 2.81. The lowest BCUT2D eigenvalue weighted by molar-refractivity contribution is 0.200. The minimum atomic E-state index is -0.129. The van der Waals surface area contributed by atoms with Gasteiger partial charge in [0.25, 0.3) is 0 Å². The molecule has 0 saturated heterocycles. The molecule has 21 heavy (non-hydrogen) atoms. The van der Waals surface area contributed by atoms with Gasteiger partial charge in [0.15, 0.2) is 0 Å². The summed E-state index contributed by atoms with van der Waals surface area (Å²) in [4.78, 5) is 11.8. The van der Waals surface area contributed by atoms with E-state index < -0.39 is 0 Å². The van der Waals surface area contributed by atoms with Crippen molar-refractivity contribution in [1.82, 2.24) is 10.6 Å². The van der Waals surface area contributed by atoms with Gasteiger partial charge in [-0.25, -0.2) is 4.79 Å². The zero-order valence-electron chi connectivity index (χ0n) is 12.5. The second kappa shape index (κ2) is 7.88. The maximum absolute atomic E-state index is 11.8. The van der Waals surface area contributed by atoms with Gasteiger partial charge in [0.1, 0.15) is 12.4 Å². The third kappa shape index (κ3) is 4.93. The predicted molar refractivity (Wildman–Crippen MR) is 81.2 cm³/mol. The van der Waals surface area contributed by atoms with Crippen molar-refractivity contribution in [2.24, 2.45) is 5.92 Å². The Morgan fingerprint density at radius 2 is 2.24 bits per heavy atom. The molecule has 0 aliphatic heterocycles. The number of hydrogen-bond acceptors (Lipinski definition) is 3. The summed E-state index contributed by atoms with van der Waals surface area (Å²) in [6.07, 6.45) is 3.44. The van der Waals surface area contributed by atoms with Crippen LogP contribution in [0.4, 0.5) is 4.79 Å². The van der Waals surface area contributed by atoms with Gasteiger partial charge in [-0.05, 0) is 24.8 Å². The molecule has 2 amide bonds. The van der Waals surface area contributed by atoms with Gasteiger partial charge >= 0.3 is 6.03 Å². The average molecular weight is 292 g/mol. The summed E-state index contributed by atoms with van der Waals surface area (Å²) in [6, 6.07) is 7.72. The molecule has 2 rings (SSSR count). The molecule has 1 saturated carbocycles. The second-order valence-corrected chi connectivity index (χ2v) is 5.40. The summed E-state index contributed by atoms with van der Waals surface area (Å²) in [5.74, 6) is 1.35. The van der Waals surface area contributed by atoms with Crippen molar-refractivity contribution in [1.29, 1.82) is 0 Å². The Morgan fingerprint density at radius 3 is 3.00 bits per heavy atom. The molecule has 1 aliphatic carbocycles. The van der Waals surface area contributed by atoms with E-state index in [1.807, 2.05) is 24.3 Å². The van der Waals surface area contributed by atoms with Crippen LogP contribution >= 0.6 is 0 Å². The van der Waals surface area contributed by atoms with Crippen molar-refractivity contribution in [3.63, 3.8) is 0 Å². The van der Waals surface area contributed by atoms with Crippen LogP contribution < -0.4 is 15.4 Å². The standard InChI is InChI=1S/C16H24N2O3/c1-2-5-12-10-14(12)18-16(20)17-11-13-6-3-4-7-15(13)21-9-8-19/h3-4,6-7,12,14,19H,2,5,8-11H2,1H3,(H2,17,18,20). The number of amides is 2. The van der Waals surface area contributed by atoms with E-state index in [1.165, 1.54) is 12.8 Å². The zero-order chi connectivity index (χ0) is 15.1. The maximum Gasteiger partial charge on any atom is 0.315 e. The number of nitrogens with one attached hydrogen (secondary N) is 2. The highest BCUT2D eigenvalue weighted by atomic mass is 16.5. The highest BCUT2D eigenvalue weighted by Crippen LogP contribution is 2.34. The summed E-state index contributed by atoms with van der Waals surface area (Å²) in [5.41, 5.74) is 0.905. The van der Waals surface area contributed by atoms with Gasteiger partial charge in [-0.2, -0.15) is 0 Å². The number of urea groups is 1. The number of ether oxygens (including phenoxy) is 1. The number of rotatable bonds is 8. The van der Waals surface area contributed by atoms with E-state index in [-0.39, 0.29) is 19.2 Å². The Hall–Kier alpha value is -1.75. The maximum atomic E-state index is 11.8. The van der Waals surface area contributed by atoms with Crippen LogP contribution in [0.2, 0.25) is 0 Å². The fourth-order valence-electron chi connectivity index (χ4n) is 2.46. The minimum absolute atomic E-state index is 0.0251. The first-order valence-corrected chi connectivity index (χ1v) is 7.60. The lowest BCUT2D eigenvalue weighted by atomic mass is 10.2. The molecule has 0 aromatic heterocycles. The van der Waals surface area contributed by atoms with E-state index >= 15 is 0 Å². The van der Waals surface area contributed by atoms with Gasteiger partial charge in [0, 0.05) is 18.2 Å². The highest BCUT2D eigenvalue weighted by Gasteiger charge is 2.37. The fraction of sp³-hybridized carbons (Fsp3) is 0.562. The van der Waals surface area contributed by atoms with Gasteiger partial charge in [-0.1, -0.05) is 31.5 Å². The number of aliphatic hydroxyl groups is 1. The zero-order valence-corrected chi connectivity index (χ0v) is 12.5. The number of carbonyl (C=O) groups excluding carboxylic acids is 1. The van der Waals surface area contributed by atoms with Crippen molar-refractivity contribution in [3.8, 4) is 5.75 Å². The minimum Gasteiger partial charge on any atom is -0.491 e. The summed E-state index contributed by atoms with van der Waals surface area (Å²) < 4.78 is 5.44. The van der Waals surface area contributed by atoms with Crippen LogP contribution in [0.5, 0.6) is 5.75 Å². The van der Waals surface area contributed by atoms with Crippen LogP contribution in [0.25, 0.3) is 0 Å². The van der Waals surface area contributed by atoms with E-state index in [0.717, 1.165) is 12.0 Å². The van der Waals surface area contributed by atoms with Crippen LogP contribution in [-0.4, -0.2) is 30.4 Å². The number of para-hydroxylation sites is 1. The molecule has 1 aromatic carbocycles. The first kappa shape index (κ1) is 15.6. The van der Waals surface area contributed by atoms with Crippen LogP contribution in [0.15, 0.2) is 24.3 Å². The summed E-state index contributed by atoms with van der Waals surface area (Å²) in [7, 11) is 0. The van der Waals surface area contributed by atoms with E-state index in [0.29, 0.717) is 24.3 Å². The largest absolute Gasteiger partial charge is 0.491 e. The van der Waals surface area contributed by atoms with E-state index in [1.54, 1.807) is 0 Å². The third-order valence-electron chi connectivity index (χ3n) is 3.66. The number of aliphatic hydroxyl groups excluding tert-OH is 1. The third-order valence-corrected chi connectivity index (χ3v) is 3.66. The first-order chi connectivity index (χ1) is 10.2. The molecule has 116 valence electrons. The topological polar surface area (TPSA) is 70.6 Å². The number of hydrogen-bond donors (Lipinski definition) is 3. The molecule has 0 bridgehead atoms. The monoisotopic (exact) mass is 292 g/mol. The van der Waals surface area contributed by atoms with Crippen molar-refractivity contribution in [2.75, 3.05) is 13.2 Å². The van der Waals surface area contributed by atoms with E-state index in [2.05, 4.69) is 17.6 Å². The van der Waals surface area contributed by atoms with Crippen molar-refractivity contribution in [2.45, 2.75) is 38.8 Å². The Kier molecular flexibility index (Phi) is 5.87. The van der Waals surface area contributed by atoms with Crippen LogP contribution in [0.3, 0.4) is 0 Å². The van der Waals surface area contributed by atoms with Crippen molar-refractivity contribution < 1.29 is 14.6 Å². The Bertz CT molecular complexity index is 465. The SMILES string of the molecule is CCCC1CC1NC(=O)NCc1ccccc1OCCO. The van der Waals surface area contributed by atoms with Crippen LogP contribution in [0.1, 0.15) is 31.7 Å². The first-order valence-electron chi connectivity index (χ1n) is 7.60. The Labute approximate surface area is 125 Å². The molecular weight excluding hydrogens is 268 g/mol. The molecular formula is C16H24N2O3. The van der Waals surface area contributed by atoms with Crippen molar-refractivity contribution >= 4 is 6.03 Å². The van der Waals surface area contributed by atoms with Gasteiger partial charge in [0.2, 0.25) is 0 Å². The predicted octanol–water partition coefficient (Wildman–Crippen LogP) is 2.05. The molecule has 1 aliphatic rings. The smallest absolute Gasteiger partial charge is 0.315 e. The quantitative estimate of drug-likeness (QED) is 0.686. The molecule has 2 atom stereocenters.